The first-order chi connectivity index (χ1) is 14.2. The molecule has 0 heterocycles. The molecule has 180 valence electrons. The number of nitrogens with zero attached hydrogens (tertiary/aromatic N) is 1. The minimum atomic E-state index is -4.16. The molecule has 0 rings (SSSR count). The fourth-order valence-electron chi connectivity index (χ4n) is 3.60. The minimum Gasteiger partial charge on any atom is -0.748 e. The molecule has 1 N–H and O–H groups in total. The van der Waals surface area contributed by atoms with E-state index in [1.807, 2.05) is 14.1 Å². The highest BCUT2D eigenvalue weighted by molar-refractivity contribution is 7.85. The zero-order chi connectivity index (χ0) is 22.7. The van der Waals surface area contributed by atoms with Gasteiger partial charge < -0.3 is 14.4 Å². The normalized spacial score (nSPS) is 12.3. The Bertz CT molecular complexity index is 521. The summed E-state index contributed by atoms with van der Waals surface area (Å²) in [7, 11) is -0.358. The first-order valence-corrected chi connectivity index (χ1v) is 13.8. The summed E-state index contributed by atoms with van der Waals surface area (Å²) < 4.78 is 32.7. The largest absolute Gasteiger partial charge is 0.748 e. The van der Waals surface area contributed by atoms with Crippen LogP contribution in [0, 0.1) is 0 Å². The van der Waals surface area contributed by atoms with Crippen molar-refractivity contribution in [3.63, 3.8) is 0 Å². The minimum absolute atomic E-state index is 0.102. The Morgan fingerprint density at radius 1 is 0.767 bits per heavy atom. The maximum absolute atomic E-state index is 11.9. The predicted molar refractivity (Wildman–Crippen MR) is 124 cm³/mol. The van der Waals surface area contributed by atoms with Crippen molar-refractivity contribution in [1.29, 1.82) is 0 Å². The number of amides is 1. The lowest BCUT2D eigenvalue weighted by Gasteiger charge is -2.30. The van der Waals surface area contributed by atoms with Gasteiger partial charge in [-0.1, -0.05) is 84.0 Å². The number of rotatable bonds is 21. The van der Waals surface area contributed by atoms with Gasteiger partial charge in [0.05, 0.1) is 32.9 Å². The van der Waals surface area contributed by atoms with E-state index in [0.717, 1.165) is 25.8 Å². The fourth-order valence-corrected chi connectivity index (χ4v) is 4.32. The summed E-state index contributed by atoms with van der Waals surface area (Å²) in [6.45, 7) is 3.89. The van der Waals surface area contributed by atoms with Crippen LogP contribution >= 0.6 is 0 Å². The number of quaternary nitrogens is 1. The van der Waals surface area contributed by atoms with Crippen LogP contribution in [0.15, 0.2) is 0 Å². The smallest absolute Gasteiger partial charge is 0.219 e. The van der Waals surface area contributed by atoms with Gasteiger partial charge >= 0.3 is 0 Å². The van der Waals surface area contributed by atoms with Gasteiger partial charge in [-0.2, -0.15) is 0 Å². The Kier molecular flexibility index (Phi) is 17.6. The SMILES string of the molecule is CCCCCCCCCCCCCCCC(=O)NCCC[N+](C)(C)CCS(=O)(=O)[O-]. The second kappa shape index (κ2) is 18.0. The number of unbranched alkanes of at least 4 members (excludes halogenated alkanes) is 12. The molecule has 7 heteroatoms. The van der Waals surface area contributed by atoms with Gasteiger partial charge in [0.15, 0.2) is 0 Å². The summed E-state index contributed by atoms with van der Waals surface area (Å²) in [5.41, 5.74) is 0. The van der Waals surface area contributed by atoms with Crippen molar-refractivity contribution in [1.82, 2.24) is 5.32 Å². The van der Waals surface area contributed by atoms with Crippen LogP contribution in [0.2, 0.25) is 0 Å². The highest BCUT2D eigenvalue weighted by Crippen LogP contribution is 2.13. The van der Waals surface area contributed by atoms with E-state index >= 15 is 0 Å². The van der Waals surface area contributed by atoms with Crippen LogP contribution in [0.4, 0.5) is 0 Å². The second-order valence-electron chi connectivity index (χ2n) is 9.34. The Labute approximate surface area is 186 Å². The zero-order valence-electron chi connectivity index (χ0n) is 19.9. The van der Waals surface area contributed by atoms with Crippen molar-refractivity contribution in [2.45, 2.75) is 103 Å². The van der Waals surface area contributed by atoms with E-state index in [2.05, 4.69) is 12.2 Å². The van der Waals surface area contributed by atoms with Crippen LogP contribution in [0.1, 0.15) is 103 Å². The lowest BCUT2D eigenvalue weighted by atomic mass is 10.0. The summed E-state index contributed by atoms with van der Waals surface area (Å²) in [6, 6.07) is 0. The van der Waals surface area contributed by atoms with Gasteiger partial charge in [0, 0.05) is 19.4 Å². The first-order valence-electron chi connectivity index (χ1n) is 12.2. The number of carbonyl (C=O) groups is 1. The third kappa shape index (κ3) is 22.0. The highest BCUT2D eigenvalue weighted by Gasteiger charge is 2.16. The molecule has 0 atom stereocenters. The molecule has 0 aliphatic rings. The van der Waals surface area contributed by atoms with Crippen LogP contribution in [0.5, 0.6) is 0 Å². The third-order valence-corrected chi connectivity index (χ3v) is 6.40. The van der Waals surface area contributed by atoms with Crippen LogP contribution in [-0.4, -0.2) is 62.8 Å². The molecule has 0 aliphatic heterocycles. The molecular weight excluding hydrogens is 400 g/mol. The van der Waals surface area contributed by atoms with Crippen LogP contribution in [-0.2, 0) is 14.9 Å². The quantitative estimate of drug-likeness (QED) is 0.158. The third-order valence-electron chi connectivity index (χ3n) is 5.72. The molecular formula is C23H48N2O4S. The predicted octanol–water partition coefficient (Wildman–Crippen LogP) is 4.60. The molecule has 0 fully saturated rings. The molecule has 0 aromatic carbocycles. The molecule has 6 nitrogen and oxygen atoms in total. The van der Waals surface area contributed by atoms with Gasteiger partial charge in [0.25, 0.3) is 0 Å². The van der Waals surface area contributed by atoms with Gasteiger partial charge in [-0.15, -0.1) is 0 Å². The van der Waals surface area contributed by atoms with E-state index in [4.69, 9.17) is 0 Å². The standard InChI is InChI=1S/C23H48N2O4S/c1-4-5-6-7-8-9-10-11-12-13-14-15-16-18-23(26)24-19-17-20-25(2,3)21-22-30(27,28)29/h4-22H2,1-3H3,(H-,24,26,27,28,29). The second-order valence-corrected chi connectivity index (χ2v) is 10.9. The molecule has 0 aromatic heterocycles. The number of carbonyl (C=O) groups excluding carboxylic acids is 1. The Balaban J connectivity index is 3.44. The lowest BCUT2D eigenvalue weighted by molar-refractivity contribution is -0.888. The summed E-state index contributed by atoms with van der Waals surface area (Å²) in [4.78, 5) is 11.9. The Hall–Kier alpha value is -0.660. The number of nitrogens with one attached hydrogen (secondary N) is 1. The summed E-state index contributed by atoms with van der Waals surface area (Å²) in [5.74, 6) is -0.240. The summed E-state index contributed by atoms with van der Waals surface area (Å²) >= 11 is 0. The van der Waals surface area contributed by atoms with E-state index in [1.54, 1.807) is 0 Å². The molecule has 0 spiro atoms. The lowest BCUT2D eigenvalue weighted by Crippen LogP contribution is -2.44. The number of hydrogen-bond acceptors (Lipinski definition) is 4. The van der Waals surface area contributed by atoms with Gasteiger partial charge in [-0.3, -0.25) is 4.79 Å². The van der Waals surface area contributed by atoms with Gasteiger partial charge in [-0.25, -0.2) is 8.42 Å². The van der Waals surface area contributed by atoms with Crippen LogP contribution < -0.4 is 5.32 Å². The van der Waals surface area contributed by atoms with E-state index in [0.29, 0.717) is 24.0 Å². The molecule has 1 amide bonds. The van der Waals surface area contributed by atoms with E-state index in [9.17, 15) is 17.8 Å². The molecule has 0 saturated heterocycles. The molecule has 0 unspecified atom stereocenters. The molecule has 0 aliphatic carbocycles. The van der Waals surface area contributed by atoms with E-state index in [1.165, 1.54) is 70.6 Å². The molecule has 0 saturated carbocycles. The molecule has 0 aromatic rings. The monoisotopic (exact) mass is 448 g/mol. The molecule has 0 bridgehead atoms. The Morgan fingerprint density at radius 3 is 1.70 bits per heavy atom. The topological polar surface area (TPSA) is 86.3 Å². The van der Waals surface area contributed by atoms with Crippen molar-refractivity contribution in [3.05, 3.63) is 0 Å². The van der Waals surface area contributed by atoms with Gasteiger partial charge in [0.1, 0.15) is 10.1 Å². The van der Waals surface area contributed by atoms with Crippen LogP contribution in [0.25, 0.3) is 0 Å². The molecule has 0 radical (unpaired) electrons. The summed E-state index contributed by atoms with van der Waals surface area (Å²) in [6.07, 6.45) is 18.3. The number of hydrogen-bond donors (Lipinski definition) is 1. The maximum atomic E-state index is 11.9. The van der Waals surface area contributed by atoms with Crippen molar-refractivity contribution in [2.24, 2.45) is 0 Å². The van der Waals surface area contributed by atoms with Crippen molar-refractivity contribution >= 4 is 16.0 Å². The maximum Gasteiger partial charge on any atom is 0.219 e. The van der Waals surface area contributed by atoms with Gasteiger partial charge in [-0.05, 0) is 6.42 Å². The Morgan fingerprint density at radius 2 is 1.23 bits per heavy atom. The first kappa shape index (κ1) is 29.3. The average Bonchev–Trinajstić information content (AvgIpc) is 2.67. The van der Waals surface area contributed by atoms with Crippen molar-refractivity contribution in [3.8, 4) is 0 Å². The van der Waals surface area contributed by atoms with Crippen LogP contribution in [0.3, 0.4) is 0 Å². The molecule has 30 heavy (non-hydrogen) atoms. The highest BCUT2D eigenvalue weighted by atomic mass is 32.2. The van der Waals surface area contributed by atoms with E-state index in [-0.39, 0.29) is 11.7 Å². The van der Waals surface area contributed by atoms with Gasteiger partial charge in [0.2, 0.25) is 5.91 Å². The average molecular weight is 449 g/mol. The fraction of sp³-hybridized carbons (Fsp3) is 0.957. The van der Waals surface area contributed by atoms with Crippen molar-refractivity contribution < 1.29 is 22.2 Å². The van der Waals surface area contributed by atoms with E-state index < -0.39 is 10.1 Å². The van der Waals surface area contributed by atoms with Crippen molar-refractivity contribution in [2.75, 3.05) is 39.5 Å². The summed E-state index contributed by atoms with van der Waals surface area (Å²) in [5, 5.41) is 2.94. The zero-order valence-corrected chi connectivity index (χ0v) is 20.7.